The van der Waals surface area contributed by atoms with Crippen molar-refractivity contribution in [1.82, 2.24) is 19.3 Å². The van der Waals surface area contributed by atoms with E-state index >= 15 is 0 Å². The summed E-state index contributed by atoms with van der Waals surface area (Å²) >= 11 is 0. The number of para-hydroxylation sites is 1. The van der Waals surface area contributed by atoms with Crippen LogP contribution in [0.3, 0.4) is 0 Å². The molecule has 174 valence electrons. The number of aryl methyl sites for hydroxylation is 2. The topological polar surface area (TPSA) is 81.0 Å². The van der Waals surface area contributed by atoms with Gasteiger partial charge in [-0.3, -0.25) is 9.20 Å². The van der Waals surface area contributed by atoms with E-state index in [1.165, 1.54) is 0 Å². The monoisotopic (exact) mass is 457 g/mol. The summed E-state index contributed by atoms with van der Waals surface area (Å²) in [6, 6.07) is 13.9. The molecule has 0 spiro atoms. The van der Waals surface area contributed by atoms with Gasteiger partial charge < -0.3 is 19.7 Å². The third kappa shape index (κ3) is 4.45. The first kappa shape index (κ1) is 21.9. The second-order valence-electron chi connectivity index (χ2n) is 8.34. The van der Waals surface area contributed by atoms with Crippen molar-refractivity contribution in [3.8, 4) is 17.0 Å². The summed E-state index contributed by atoms with van der Waals surface area (Å²) in [6.07, 6.45) is 5.43. The quantitative estimate of drug-likeness (QED) is 0.472. The fourth-order valence-corrected chi connectivity index (χ4v) is 4.13. The van der Waals surface area contributed by atoms with Gasteiger partial charge in [-0.05, 0) is 49.2 Å². The van der Waals surface area contributed by atoms with Crippen molar-refractivity contribution in [2.45, 2.75) is 13.8 Å². The molecule has 8 nitrogen and oxygen atoms in total. The van der Waals surface area contributed by atoms with Crippen molar-refractivity contribution in [2.24, 2.45) is 0 Å². The van der Waals surface area contributed by atoms with Crippen LogP contribution in [-0.4, -0.2) is 58.1 Å². The van der Waals surface area contributed by atoms with E-state index in [1.807, 2.05) is 40.9 Å². The first-order chi connectivity index (χ1) is 16.6. The maximum absolute atomic E-state index is 12.3. The van der Waals surface area contributed by atoms with Gasteiger partial charge in [-0.25, -0.2) is 9.97 Å². The highest BCUT2D eigenvalue weighted by molar-refractivity contribution is 5.79. The number of benzene rings is 2. The van der Waals surface area contributed by atoms with Gasteiger partial charge in [0, 0.05) is 24.3 Å². The van der Waals surface area contributed by atoms with Gasteiger partial charge in [-0.1, -0.05) is 18.2 Å². The van der Waals surface area contributed by atoms with E-state index in [2.05, 4.69) is 36.3 Å². The molecule has 8 heteroatoms. The van der Waals surface area contributed by atoms with Crippen molar-refractivity contribution in [2.75, 3.05) is 38.2 Å². The highest BCUT2D eigenvalue weighted by atomic mass is 16.5. The van der Waals surface area contributed by atoms with Gasteiger partial charge in [0.2, 0.25) is 0 Å². The Kier molecular flexibility index (Phi) is 6.14. The Balaban J connectivity index is 1.33. The van der Waals surface area contributed by atoms with Crippen LogP contribution in [0.15, 0.2) is 61.2 Å². The second-order valence-corrected chi connectivity index (χ2v) is 8.34. The first-order valence-electron chi connectivity index (χ1n) is 11.3. The zero-order valence-corrected chi connectivity index (χ0v) is 19.3. The van der Waals surface area contributed by atoms with E-state index in [0.29, 0.717) is 32.1 Å². The molecule has 2 aromatic heterocycles. The zero-order chi connectivity index (χ0) is 23.5. The summed E-state index contributed by atoms with van der Waals surface area (Å²) in [7, 11) is 0. The molecule has 1 saturated heterocycles. The molecule has 5 rings (SSSR count). The Labute approximate surface area is 198 Å². The van der Waals surface area contributed by atoms with Crippen molar-refractivity contribution in [3.05, 3.63) is 72.3 Å². The Bertz CT molecular complexity index is 1290. The van der Waals surface area contributed by atoms with Crippen LogP contribution < -0.4 is 10.1 Å². The average Bonchev–Trinajstić information content (AvgIpc) is 3.36. The summed E-state index contributed by atoms with van der Waals surface area (Å²) in [6.45, 7) is 6.56. The number of fused-ring (bicyclic) bond motifs is 1. The molecule has 34 heavy (non-hydrogen) atoms. The van der Waals surface area contributed by atoms with Crippen molar-refractivity contribution < 1.29 is 14.3 Å². The van der Waals surface area contributed by atoms with Crippen LogP contribution in [0, 0.1) is 13.8 Å². The summed E-state index contributed by atoms with van der Waals surface area (Å²) in [5.41, 5.74) is 6.14. The highest BCUT2D eigenvalue weighted by Crippen LogP contribution is 2.29. The Hall–Kier alpha value is -3.91. The van der Waals surface area contributed by atoms with Gasteiger partial charge in [0.25, 0.3) is 5.91 Å². The standard InChI is InChI=1S/C26H27N5O3/c1-18-4-3-5-19(2)25(18)29-26-23-14-27-17-31(23)22(15-28-26)20-6-8-21(9-7-20)34-16-24(32)30-10-12-33-13-11-30/h3-9,14-15,17H,10-13,16H2,1-2H3,(H,28,29). The summed E-state index contributed by atoms with van der Waals surface area (Å²) in [4.78, 5) is 23.1. The maximum Gasteiger partial charge on any atom is 0.260 e. The number of amides is 1. The molecule has 0 unspecified atom stereocenters. The van der Waals surface area contributed by atoms with E-state index < -0.39 is 0 Å². The lowest BCUT2D eigenvalue weighted by Gasteiger charge is -2.26. The maximum atomic E-state index is 12.3. The van der Waals surface area contributed by atoms with Crippen molar-refractivity contribution >= 4 is 22.9 Å². The number of aromatic nitrogens is 3. The largest absolute Gasteiger partial charge is 0.484 e. The summed E-state index contributed by atoms with van der Waals surface area (Å²) in [5, 5.41) is 3.48. The van der Waals surface area contributed by atoms with E-state index in [0.717, 1.165) is 39.4 Å². The van der Waals surface area contributed by atoms with Crippen LogP contribution in [0.2, 0.25) is 0 Å². The SMILES string of the molecule is Cc1cccc(C)c1Nc1ncc(-c2ccc(OCC(=O)N3CCOCC3)cc2)n2cncc12. The van der Waals surface area contributed by atoms with Crippen LogP contribution in [0.25, 0.3) is 16.8 Å². The molecule has 1 aliphatic heterocycles. The van der Waals surface area contributed by atoms with Crippen molar-refractivity contribution in [3.63, 3.8) is 0 Å². The Morgan fingerprint density at radius 2 is 1.79 bits per heavy atom. The molecule has 1 aliphatic rings. The molecule has 3 heterocycles. The highest BCUT2D eigenvalue weighted by Gasteiger charge is 2.17. The van der Waals surface area contributed by atoms with Gasteiger partial charge in [0.1, 0.15) is 11.3 Å². The third-order valence-corrected chi connectivity index (χ3v) is 6.06. The van der Waals surface area contributed by atoms with Crippen LogP contribution >= 0.6 is 0 Å². The molecule has 0 saturated carbocycles. The molecular formula is C26H27N5O3. The smallest absolute Gasteiger partial charge is 0.260 e. The lowest BCUT2D eigenvalue weighted by molar-refractivity contribution is -0.137. The average molecular weight is 458 g/mol. The number of rotatable bonds is 6. The lowest BCUT2D eigenvalue weighted by atomic mass is 10.1. The molecule has 4 aromatic rings. The summed E-state index contributed by atoms with van der Waals surface area (Å²) < 4.78 is 13.0. The number of nitrogens with zero attached hydrogens (tertiary/aromatic N) is 4. The minimum Gasteiger partial charge on any atom is -0.484 e. The van der Waals surface area contributed by atoms with Gasteiger partial charge in [0.15, 0.2) is 12.4 Å². The Morgan fingerprint density at radius 1 is 1.06 bits per heavy atom. The number of morpholine rings is 1. The predicted molar refractivity (Wildman–Crippen MR) is 131 cm³/mol. The van der Waals surface area contributed by atoms with E-state index in [9.17, 15) is 4.79 Å². The minimum atomic E-state index is -0.0244. The number of carbonyl (C=O) groups excluding carboxylic acids is 1. The number of nitrogens with one attached hydrogen (secondary N) is 1. The second kappa shape index (κ2) is 9.52. The first-order valence-corrected chi connectivity index (χ1v) is 11.3. The van der Waals surface area contributed by atoms with Gasteiger partial charge in [0.05, 0.1) is 37.6 Å². The number of hydrogen-bond acceptors (Lipinski definition) is 6. The van der Waals surface area contributed by atoms with Crippen LogP contribution in [0.5, 0.6) is 5.75 Å². The number of imidazole rings is 1. The summed E-state index contributed by atoms with van der Waals surface area (Å²) in [5.74, 6) is 1.37. The fraction of sp³-hybridized carbons (Fsp3) is 0.269. The van der Waals surface area contributed by atoms with Crippen molar-refractivity contribution in [1.29, 1.82) is 0 Å². The molecule has 0 atom stereocenters. The van der Waals surface area contributed by atoms with E-state index in [-0.39, 0.29) is 12.5 Å². The van der Waals surface area contributed by atoms with Gasteiger partial charge >= 0.3 is 0 Å². The predicted octanol–water partition coefficient (Wildman–Crippen LogP) is 3.99. The number of hydrogen-bond donors (Lipinski definition) is 1. The number of ether oxygens (including phenoxy) is 2. The van der Waals surface area contributed by atoms with E-state index in [1.54, 1.807) is 17.4 Å². The van der Waals surface area contributed by atoms with Crippen LogP contribution in [-0.2, 0) is 9.53 Å². The molecule has 1 fully saturated rings. The number of carbonyl (C=O) groups is 1. The van der Waals surface area contributed by atoms with E-state index in [4.69, 9.17) is 14.5 Å². The van der Waals surface area contributed by atoms with Crippen LogP contribution in [0.1, 0.15) is 11.1 Å². The molecule has 0 radical (unpaired) electrons. The molecule has 1 N–H and O–H groups in total. The third-order valence-electron chi connectivity index (χ3n) is 6.06. The minimum absolute atomic E-state index is 0.0192. The molecule has 0 bridgehead atoms. The lowest BCUT2D eigenvalue weighted by Crippen LogP contribution is -2.42. The van der Waals surface area contributed by atoms with Gasteiger partial charge in [-0.2, -0.15) is 0 Å². The number of anilines is 2. The molecule has 2 aromatic carbocycles. The van der Waals surface area contributed by atoms with Gasteiger partial charge in [-0.15, -0.1) is 0 Å². The molecule has 0 aliphatic carbocycles. The zero-order valence-electron chi connectivity index (χ0n) is 19.3. The normalized spacial score (nSPS) is 13.8. The molecular weight excluding hydrogens is 430 g/mol. The Morgan fingerprint density at radius 3 is 2.53 bits per heavy atom. The fourth-order valence-electron chi connectivity index (χ4n) is 4.13. The molecule has 1 amide bonds. The van der Waals surface area contributed by atoms with Crippen LogP contribution in [0.4, 0.5) is 11.5 Å².